The third kappa shape index (κ3) is 3.65. The number of hydrogen-bond donors (Lipinski definition) is 0. The summed E-state index contributed by atoms with van der Waals surface area (Å²) in [5.41, 5.74) is 0.780. The van der Waals surface area contributed by atoms with Crippen molar-refractivity contribution in [1.82, 2.24) is 4.90 Å². The van der Waals surface area contributed by atoms with Gasteiger partial charge in [-0.05, 0) is 47.7 Å². The highest BCUT2D eigenvalue weighted by atomic mass is 32.2. The maximum Gasteiger partial charge on any atom is 0.373 e. The van der Waals surface area contributed by atoms with Crippen molar-refractivity contribution in [3.63, 3.8) is 0 Å². The third-order valence-electron chi connectivity index (χ3n) is 3.65. The molecule has 0 spiro atoms. The van der Waals surface area contributed by atoms with Gasteiger partial charge in [0.05, 0.1) is 25.7 Å². The maximum atomic E-state index is 12.5. The normalized spacial score (nSPS) is 15.6. The van der Waals surface area contributed by atoms with Crippen molar-refractivity contribution in [2.24, 2.45) is 0 Å². The van der Waals surface area contributed by atoms with E-state index in [2.05, 4.69) is 4.74 Å². The number of nitrogens with zero attached hydrogens (tertiary/aromatic N) is 1. The van der Waals surface area contributed by atoms with E-state index in [9.17, 15) is 14.4 Å². The van der Waals surface area contributed by atoms with Crippen LogP contribution in [0.4, 0.5) is 4.79 Å². The summed E-state index contributed by atoms with van der Waals surface area (Å²) in [4.78, 5) is 37.5. The van der Waals surface area contributed by atoms with E-state index in [0.29, 0.717) is 16.4 Å². The van der Waals surface area contributed by atoms with Crippen molar-refractivity contribution in [2.45, 2.75) is 6.54 Å². The summed E-state index contributed by atoms with van der Waals surface area (Å²) in [5.74, 6) is 0.00718. The second kappa shape index (κ2) is 7.49. The van der Waals surface area contributed by atoms with Crippen molar-refractivity contribution < 1.29 is 28.3 Å². The molecule has 1 aromatic carbocycles. The number of esters is 1. The lowest BCUT2D eigenvalue weighted by molar-refractivity contribution is -0.123. The summed E-state index contributed by atoms with van der Waals surface area (Å²) in [5, 5.41) is -0.397. The predicted octanol–water partition coefficient (Wildman–Crippen LogP) is 3.31. The van der Waals surface area contributed by atoms with Crippen LogP contribution >= 0.6 is 11.8 Å². The van der Waals surface area contributed by atoms with Crippen molar-refractivity contribution in [2.75, 3.05) is 14.2 Å². The number of thioether (sulfide) groups is 1. The Labute approximate surface area is 153 Å². The Kier molecular flexibility index (Phi) is 5.13. The molecular weight excluding hydrogens is 358 g/mol. The predicted molar refractivity (Wildman–Crippen MR) is 94.6 cm³/mol. The van der Waals surface area contributed by atoms with Crippen LogP contribution in [0.2, 0.25) is 0 Å². The standard InChI is InChI=1S/C18H15NO6S/c1-23-12-5-3-11(4-6-12)9-15-16(20)19(18(22)26-15)10-13-7-8-14(25-13)17(21)24-2/h3-9H,10H2,1-2H3. The van der Waals surface area contributed by atoms with Crippen molar-refractivity contribution in [1.29, 1.82) is 0 Å². The van der Waals surface area contributed by atoms with E-state index in [1.165, 1.54) is 19.2 Å². The molecule has 0 radical (unpaired) electrons. The van der Waals surface area contributed by atoms with Gasteiger partial charge in [-0.15, -0.1) is 0 Å². The van der Waals surface area contributed by atoms with Crippen LogP contribution < -0.4 is 4.74 Å². The molecule has 2 heterocycles. The zero-order chi connectivity index (χ0) is 18.7. The van der Waals surface area contributed by atoms with Gasteiger partial charge in [-0.1, -0.05) is 12.1 Å². The SMILES string of the molecule is COC(=O)c1ccc(CN2C(=O)SC(=Cc3ccc(OC)cc3)C2=O)o1. The maximum absolute atomic E-state index is 12.5. The largest absolute Gasteiger partial charge is 0.497 e. The smallest absolute Gasteiger partial charge is 0.373 e. The molecule has 1 saturated heterocycles. The first-order valence-electron chi connectivity index (χ1n) is 7.58. The first-order chi connectivity index (χ1) is 12.5. The number of carbonyl (C=O) groups is 3. The minimum Gasteiger partial charge on any atom is -0.497 e. The van der Waals surface area contributed by atoms with Crippen molar-refractivity contribution >= 4 is 35.0 Å². The van der Waals surface area contributed by atoms with Gasteiger partial charge in [0.1, 0.15) is 11.5 Å². The van der Waals surface area contributed by atoms with Gasteiger partial charge in [0, 0.05) is 0 Å². The van der Waals surface area contributed by atoms with Gasteiger partial charge in [-0.25, -0.2) is 4.79 Å². The lowest BCUT2D eigenvalue weighted by Gasteiger charge is -2.09. The summed E-state index contributed by atoms with van der Waals surface area (Å²) in [6.45, 7) is -0.0540. The van der Waals surface area contributed by atoms with E-state index in [1.54, 1.807) is 37.5 Å². The molecule has 7 nitrogen and oxygen atoms in total. The summed E-state index contributed by atoms with van der Waals surface area (Å²) in [6.07, 6.45) is 1.65. The molecule has 2 aromatic rings. The minimum absolute atomic E-state index is 0.0169. The number of amides is 2. The molecule has 0 unspecified atom stereocenters. The number of benzene rings is 1. The van der Waals surface area contributed by atoms with Crippen molar-refractivity contribution in [3.8, 4) is 5.75 Å². The molecule has 0 aliphatic carbocycles. The van der Waals surface area contributed by atoms with E-state index in [-0.39, 0.29) is 12.3 Å². The number of imide groups is 1. The topological polar surface area (TPSA) is 86.0 Å². The van der Waals surface area contributed by atoms with Gasteiger partial charge in [0.2, 0.25) is 5.76 Å². The average Bonchev–Trinajstić information content (AvgIpc) is 3.22. The molecule has 0 N–H and O–H groups in total. The molecule has 0 bridgehead atoms. The Morgan fingerprint density at radius 3 is 2.54 bits per heavy atom. The summed E-state index contributed by atoms with van der Waals surface area (Å²) < 4.78 is 15.0. The minimum atomic E-state index is -0.621. The highest BCUT2D eigenvalue weighted by Gasteiger charge is 2.35. The molecule has 0 atom stereocenters. The molecule has 1 aliphatic rings. The molecule has 1 aliphatic heterocycles. The van der Waals surface area contributed by atoms with Gasteiger partial charge in [-0.2, -0.15) is 0 Å². The van der Waals surface area contributed by atoms with Crippen LogP contribution in [0.3, 0.4) is 0 Å². The van der Waals surface area contributed by atoms with Crippen LogP contribution in [-0.4, -0.2) is 36.2 Å². The van der Waals surface area contributed by atoms with Gasteiger partial charge < -0.3 is 13.9 Å². The molecule has 2 amide bonds. The fourth-order valence-electron chi connectivity index (χ4n) is 2.32. The second-order valence-corrected chi connectivity index (χ2v) is 6.29. The van der Waals surface area contributed by atoms with Crippen LogP contribution in [0.25, 0.3) is 6.08 Å². The lowest BCUT2D eigenvalue weighted by Crippen LogP contribution is -2.27. The van der Waals surface area contributed by atoms with Crippen LogP contribution in [-0.2, 0) is 16.1 Å². The van der Waals surface area contributed by atoms with Gasteiger partial charge >= 0.3 is 5.97 Å². The van der Waals surface area contributed by atoms with Crippen LogP contribution in [0.1, 0.15) is 21.9 Å². The quantitative estimate of drug-likeness (QED) is 0.587. The molecular formula is C18H15NO6S. The zero-order valence-electron chi connectivity index (χ0n) is 14.1. The van der Waals surface area contributed by atoms with Gasteiger partial charge in [-0.3, -0.25) is 14.5 Å². The number of hydrogen-bond acceptors (Lipinski definition) is 7. The average molecular weight is 373 g/mol. The van der Waals surface area contributed by atoms with Crippen LogP contribution in [0.15, 0.2) is 45.7 Å². The number of carbonyl (C=O) groups excluding carboxylic acids is 3. The third-order valence-corrected chi connectivity index (χ3v) is 4.56. The summed E-state index contributed by atoms with van der Waals surface area (Å²) in [7, 11) is 2.81. The number of rotatable bonds is 5. The number of furan rings is 1. The summed E-state index contributed by atoms with van der Waals surface area (Å²) >= 11 is 0.857. The Morgan fingerprint density at radius 1 is 1.15 bits per heavy atom. The van der Waals surface area contributed by atoms with Crippen molar-refractivity contribution in [3.05, 3.63) is 58.4 Å². The number of ether oxygens (including phenoxy) is 2. The Hall–Kier alpha value is -3.00. The Morgan fingerprint density at radius 2 is 1.88 bits per heavy atom. The highest BCUT2D eigenvalue weighted by molar-refractivity contribution is 8.18. The molecule has 8 heteroatoms. The monoisotopic (exact) mass is 373 g/mol. The first kappa shape index (κ1) is 17.8. The summed E-state index contributed by atoms with van der Waals surface area (Å²) in [6, 6.07) is 10.1. The molecule has 1 aromatic heterocycles. The molecule has 26 heavy (non-hydrogen) atoms. The highest BCUT2D eigenvalue weighted by Crippen LogP contribution is 2.33. The van der Waals surface area contributed by atoms with E-state index < -0.39 is 17.1 Å². The number of methoxy groups -OCH3 is 2. The fourth-order valence-corrected chi connectivity index (χ4v) is 3.16. The molecule has 3 rings (SSSR count). The van der Waals surface area contributed by atoms with E-state index in [0.717, 1.165) is 22.2 Å². The van der Waals surface area contributed by atoms with Gasteiger partial charge in [0.15, 0.2) is 0 Å². The Balaban J connectivity index is 1.75. The van der Waals surface area contributed by atoms with Crippen LogP contribution in [0, 0.1) is 0 Å². The molecule has 0 saturated carbocycles. The van der Waals surface area contributed by atoms with Crippen LogP contribution in [0.5, 0.6) is 5.75 Å². The van der Waals surface area contributed by atoms with E-state index >= 15 is 0 Å². The molecule has 1 fully saturated rings. The lowest BCUT2D eigenvalue weighted by atomic mass is 10.2. The van der Waals surface area contributed by atoms with E-state index in [1.807, 2.05) is 0 Å². The van der Waals surface area contributed by atoms with E-state index in [4.69, 9.17) is 9.15 Å². The second-order valence-electron chi connectivity index (χ2n) is 5.30. The molecule has 134 valence electrons. The zero-order valence-corrected chi connectivity index (χ0v) is 14.9. The Bertz CT molecular complexity index is 883. The van der Waals surface area contributed by atoms with Gasteiger partial charge in [0.25, 0.3) is 11.1 Å². The first-order valence-corrected chi connectivity index (χ1v) is 8.40. The fraction of sp³-hybridized carbons (Fsp3) is 0.167.